The Morgan fingerprint density at radius 2 is 2.23 bits per heavy atom. The SMILES string of the molecule is C=Cc1cccc(C(N)C2CC2)c1. The molecular formula is C12H15N. The first-order valence-corrected chi connectivity index (χ1v) is 4.79. The molecule has 0 bridgehead atoms. The Balaban J connectivity index is 2.22. The monoisotopic (exact) mass is 173 g/mol. The second kappa shape index (κ2) is 3.35. The van der Waals surface area contributed by atoms with E-state index in [2.05, 4.69) is 30.8 Å². The molecule has 0 heterocycles. The van der Waals surface area contributed by atoms with Crippen molar-refractivity contribution in [2.75, 3.05) is 0 Å². The maximum atomic E-state index is 6.09. The van der Waals surface area contributed by atoms with E-state index in [-0.39, 0.29) is 6.04 Å². The lowest BCUT2D eigenvalue weighted by Crippen LogP contribution is -2.12. The molecule has 0 spiro atoms. The van der Waals surface area contributed by atoms with Gasteiger partial charge in [0.1, 0.15) is 0 Å². The van der Waals surface area contributed by atoms with Gasteiger partial charge in [-0.15, -0.1) is 0 Å². The zero-order valence-corrected chi connectivity index (χ0v) is 7.74. The summed E-state index contributed by atoms with van der Waals surface area (Å²) in [5.41, 5.74) is 8.50. The Bertz CT molecular complexity index is 313. The molecule has 0 amide bonds. The summed E-state index contributed by atoms with van der Waals surface area (Å²) in [6, 6.07) is 8.58. The number of hydrogen-bond acceptors (Lipinski definition) is 1. The van der Waals surface area contributed by atoms with Gasteiger partial charge < -0.3 is 5.73 Å². The average Bonchev–Trinajstić information content (AvgIpc) is 3.00. The standard InChI is InChI=1S/C12H15N/c1-2-9-4-3-5-11(8-9)12(13)10-6-7-10/h2-5,8,10,12H,1,6-7,13H2. The minimum absolute atomic E-state index is 0.236. The molecule has 0 saturated heterocycles. The minimum atomic E-state index is 0.236. The average molecular weight is 173 g/mol. The summed E-state index contributed by atoms with van der Waals surface area (Å²) in [5, 5.41) is 0. The minimum Gasteiger partial charge on any atom is -0.324 e. The van der Waals surface area contributed by atoms with Crippen LogP contribution in [0.3, 0.4) is 0 Å². The highest BCUT2D eigenvalue weighted by Crippen LogP contribution is 2.39. The van der Waals surface area contributed by atoms with Crippen LogP contribution in [0.1, 0.15) is 30.0 Å². The molecule has 1 heteroatoms. The van der Waals surface area contributed by atoms with Gasteiger partial charge in [0.15, 0.2) is 0 Å². The molecule has 1 nitrogen and oxygen atoms in total. The topological polar surface area (TPSA) is 26.0 Å². The molecule has 0 aliphatic heterocycles. The highest BCUT2D eigenvalue weighted by molar-refractivity contribution is 5.48. The highest BCUT2D eigenvalue weighted by atomic mass is 14.7. The van der Waals surface area contributed by atoms with Crippen molar-refractivity contribution in [2.24, 2.45) is 11.7 Å². The predicted octanol–water partition coefficient (Wildman–Crippen LogP) is 2.74. The van der Waals surface area contributed by atoms with Gasteiger partial charge in [-0.1, -0.05) is 36.9 Å². The van der Waals surface area contributed by atoms with E-state index in [9.17, 15) is 0 Å². The maximum absolute atomic E-state index is 6.09. The Kier molecular flexibility index (Phi) is 2.19. The van der Waals surface area contributed by atoms with Gasteiger partial charge in [0.05, 0.1) is 0 Å². The van der Waals surface area contributed by atoms with E-state index in [0.717, 1.165) is 11.5 Å². The molecule has 68 valence electrons. The van der Waals surface area contributed by atoms with Crippen LogP contribution in [-0.4, -0.2) is 0 Å². The normalized spacial score (nSPS) is 18.2. The highest BCUT2D eigenvalue weighted by Gasteiger charge is 2.29. The fourth-order valence-corrected chi connectivity index (χ4v) is 1.62. The third-order valence-corrected chi connectivity index (χ3v) is 2.66. The van der Waals surface area contributed by atoms with Crippen LogP contribution in [0.15, 0.2) is 30.8 Å². The lowest BCUT2D eigenvalue weighted by atomic mass is 10.0. The van der Waals surface area contributed by atoms with E-state index in [0.29, 0.717) is 0 Å². The summed E-state index contributed by atoms with van der Waals surface area (Å²) in [6.45, 7) is 3.75. The van der Waals surface area contributed by atoms with E-state index >= 15 is 0 Å². The number of rotatable bonds is 3. The van der Waals surface area contributed by atoms with Gasteiger partial charge in [-0.25, -0.2) is 0 Å². The quantitative estimate of drug-likeness (QED) is 0.747. The molecule has 1 aliphatic rings. The fourth-order valence-electron chi connectivity index (χ4n) is 1.62. The molecule has 1 saturated carbocycles. The molecule has 2 N–H and O–H groups in total. The Morgan fingerprint density at radius 3 is 2.85 bits per heavy atom. The molecule has 1 fully saturated rings. The van der Waals surface area contributed by atoms with E-state index in [4.69, 9.17) is 5.73 Å². The maximum Gasteiger partial charge on any atom is 0.0323 e. The van der Waals surface area contributed by atoms with Crippen LogP contribution in [0.25, 0.3) is 6.08 Å². The van der Waals surface area contributed by atoms with Crippen molar-refractivity contribution in [1.82, 2.24) is 0 Å². The van der Waals surface area contributed by atoms with Crippen molar-refractivity contribution in [3.8, 4) is 0 Å². The summed E-state index contributed by atoms with van der Waals surface area (Å²) >= 11 is 0. The summed E-state index contributed by atoms with van der Waals surface area (Å²) < 4.78 is 0. The Morgan fingerprint density at radius 1 is 1.46 bits per heavy atom. The van der Waals surface area contributed by atoms with Crippen LogP contribution in [0.2, 0.25) is 0 Å². The molecule has 0 aromatic heterocycles. The smallest absolute Gasteiger partial charge is 0.0323 e. The van der Waals surface area contributed by atoms with Crippen LogP contribution in [0.4, 0.5) is 0 Å². The van der Waals surface area contributed by atoms with E-state index < -0.39 is 0 Å². The summed E-state index contributed by atoms with van der Waals surface area (Å²) in [7, 11) is 0. The van der Waals surface area contributed by atoms with Gasteiger partial charge in [-0.05, 0) is 29.9 Å². The molecule has 1 aromatic rings. The Labute approximate surface area is 79.3 Å². The zero-order chi connectivity index (χ0) is 9.26. The molecular weight excluding hydrogens is 158 g/mol. The van der Waals surface area contributed by atoms with Crippen LogP contribution < -0.4 is 5.73 Å². The lowest BCUT2D eigenvalue weighted by Gasteiger charge is -2.10. The van der Waals surface area contributed by atoms with Crippen molar-refractivity contribution in [1.29, 1.82) is 0 Å². The van der Waals surface area contributed by atoms with Gasteiger partial charge >= 0.3 is 0 Å². The van der Waals surface area contributed by atoms with E-state index in [1.165, 1.54) is 18.4 Å². The molecule has 1 aliphatic carbocycles. The van der Waals surface area contributed by atoms with Crippen LogP contribution in [0.5, 0.6) is 0 Å². The third-order valence-electron chi connectivity index (χ3n) is 2.66. The van der Waals surface area contributed by atoms with Gasteiger partial charge in [0, 0.05) is 6.04 Å². The predicted molar refractivity (Wildman–Crippen MR) is 56.2 cm³/mol. The second-order valence-electron chi connectivity index (χ2n) is 3.74. The van der Waals surface area contributed by atoms with Crippen LogP contribution in [-0.2, 0) is 0 Å². The first-order valence-electron chi connectivity index (χ1n) is 4.79. The zero-order valence-electron chi connectivity index (χ0n) is 7.74. The molecule has 1 aromatic carbocycles. The van der Waals surface area contributed by atoms with Crippen molar-refractivity contribution < 1.29 is 0 Å². The van der Waals surface area contributed by atoms with Gasteiger partial charge in [-0.3, -0.25) is 0 Å². The van der Waals surface area contributed by atoms with Crippen LogP contribution >= 0.6 is 0 Å². The summed E-state index contributed by atoms with van der Waals surface area (Å²) in [5.74, 6) is 0.722. The molecule has 13 heavy (non-hydrogen) atoms. The summed E-state index contributed by atoms with van der Waals surface area (Å²) in [4.78, 5) is 0. The second-order valence-corrected chi connectivity index (χ2v) is 3.74. The van der Waals surface area contributed by atoms with Gasteiger partial charge in [-0.2, -0.15) is 0 Å². The number of hydrogen-bond donors (Lipinski definition) is 1. The van der Waals surface area contributed by atoms with E-state index in [1.807, 2.05) is 6.08 Å². The third kappa shape index (κ3) is 1.81. The molecule has 0 radical (unpaired) electrons. The fraction of sp³-hybridized carbons (Fsp3) is 0.333. The van der Waals surface area contributed by atoms with Crippen LogP contribution in [0, 0.1) is 5.92 Å². The Hall–Kier alpha value is -1.08. The molecule has 1 unspecified atom stereocenters. The largest absolute Gasteiger partial charge is 0.324 e. The van der Waals surface area contributed by atoms with Crippen molar-refractivity contribution in [3.05, 3.63) is 42.0 Å². The van der Waals surface area contributed by atoms with Crippen molar-refractivity contribution in [2.45, 2.75) is 18.9 Å². The first-order chi connectivity index (χ1) is 6.31. The number of nitrogens with two attached hydrogens (primary N) is 1. The van der Waals surface area contributed by atoms with E-state index in [1.54, 1.807) is 0 Å². The summed E-state index contributed by atoms with van der Waals surface area (Å²) in [6.07, 6.45) is 4.45. The molecule has 2 rings (SSSR count). The van der Waals surface area contributed by atoms with Gasteiger partial charge in [0.25, 0.3) is 0 Å². The number of benzene rings is 1. The lowest BCUT2D eigenvalue weighted by molar-refractivity contribution is 0.633. The molecule has 1 atom stereocenters. The first kappa shape index (κ1) is 8.52. The van der Waals surface area contributed by atoms with Gasteiger partial charge in [0.2, 0.25) is 0 Å². The van der Waals surface area contributed by atoms with Crippen molar-refractivity contribution >= 4 is 6.08 Å². The van der Waals surface area contributed by atoms with Crippen molar-refractivity contribution in [3.63, 3.8) is 0 Å².